The standard InChI is InChI=1S/C10H12N4O/c11-10(5-14-7-12-6-13-14)8-2-1-3-9(15)4-8/h1-4,6-7,10,15H,5,11H2. The molecule has 0 radical (unpaired) electrons. The number of aromatic hydroxyl groups is 1. The van der Waals surface area contributed by atoms with Gasteiger partial charge in [-0.3, -0.25) is 4.68 Å². The number of hydrogen-bond acceptors (Lipinski definition) is 4. The first kappa shape index (κ1) is 9.67. The van der Waals surface area contributed by atoms with Crippen molar-refractivity contribution in [3.8, 4) is 5.75 Å². The molecular formula is C10H12N4O. The van der Waals surface area contributed by atoms with Gasteiger partial charge in [-0.25, -0.2) is 4.98 Å². The molecule has 5 nitrogen and oxygen atoms in total. The van der Waals surface area contributed by atoms with Gasteiger partial charge in [0.2, 0.25) is 0 Å². The summed E-state index contributed by atoms with van der Waals surface area (Å²) in [5, 5.41) is 13.3. The van der Waals surface area contributed by atoms with Gasteiger partial charge in [0.05, 0.1) is 6.54 Å². The zero-order chi connectivity index (χ0) is 10.7. The Labute approximate surface area is 87.2 Å². The van der Waals surface area contributed by atoms with Crippen LogP contribution >= 0.6 is 0 Å². The van der Waals surface area contributed by atoms with Crippen LogP contribution in [-0.2, 0) is 6.54 Å². The van der Waals surface area contributed by atoms with Gasteiger partial charge in [-0.2, -0.15) is 5.10 Å². The fourth-order valence-corrected chi connectivity index (χ4v) is 1.39. The highest BCUT2D eigenvalue weighted by atomic mass is 16.3. The second kappa shape index (κ2) is 4.10. The number of rotatable bonds is 3. The van der Waals surface area contributed by atoms with Crippen molar-refractivity contribution in [3.05, 3.63) is 42.5 Å². The molecule has 0 aliphatic carbocycles. The van der Waals surface area contributed by atoms with E-state index in [9.17, 15) is 5.11 Å². The molecule has 0 saturated heterocycles. The van der Waals surface area contributed by atoms with Crippen LogP contribution in [0, 0.1) is 0 Å². The highest BCUT2D eigenvalue weighted by Gasteiger charge is 2.07. The molecule has 0 saturated carbocycles. The minimum atomic E-state index is -0.196. The van der Waals surface area contributed by atoms with Crippen molar-refractivity contribution in [2.24, 2.45) is 5.73 Å². The van der Waals surface area contributed by atoms with E-state index in [0.29, 0.717) is 6.54 Å². The Morgan fingerprint density at radius 3 is 3.00 bits per heavy atom. The lowest BCUT2D eigenvalue weighted by molar-refractivity contribution is 0.471. The average Bonchev–Trinajstić information content (AvgIpc) is 2.70. The first-order chi connectivity index (χ1) is 7.25. The smallest absolute Gasteiger partial charge is 0.137 e. The Hall–Kier alpha value is -1.88. The number of nitrogens with two attached hydrogens (primary N) is 1. The summed E-state index contributed by atoms with van der Waals surface area (Å²) < 4.78 is 1.66. The Morgan fingerprint density at radius 1 is 1.47 bits per heavy atom. The van der Waals surface area contributed by atoms with E-state index in [-0.39, 0.29) is 11.8 Å². The van der Waals surface area contributed by atoms with Crippen molar-refractivity contribution in [1.29, 1.82) is 0 Å². The van der Waals surface area contributed by atoms with Crippen LogP contribution in [0.1, 0.15) is 11.6 Å². The van der Waals surface area contributed by atoms with Crippen molar-refractivity contribution < 1.29 is 5.11 Å². The van der Waals surface area contributed by atoms with E-state index >= 15 is 0 Å². The molecule has 2 rings (SSSR count). The van der Waals surface area contributed by atoms with Gasteiger partial charge >= 0.3 is 0 Å². The first-order valence-corrected chi connectivity index (χ1v) is 4.62. The monoisotopic (exact) mass is 204 g/mol. The van der Waals surface area contributed by atoms with Crippen LogP contribution in [0.5, 0.6) is 5.75 Å². The fourth-order valence-electron chi connectivity index (χ4n) is 1.39. The van der Waals surface area contributed by atoms with E-state index in [1.807, 2.05) is 6.07 Å². The lowest BCUT2D eigenvalue weighted by Gasteiger charge is -2.11. The highest BCUT2D eigenvalue weighted by Crippen LogP contribution is 2.17. The van der Waals surface area contributed by atoms with Gasteiger partial charge in [0, 0.05) is 6.04 Å². The predicted molar refractivity (Wildman–Crippen MR) is 55.1 cm³/mol. The van der Waals surface area contributed by atoms with Crippen LogP contribution in [0.4, 0.5) is 0 Å². The van der Waals surface area contributed by atoms with Crippen LogP contribution in [0.25, 0.3) is 0 Å². The molecule has 3 N–H and O–H groups in total. The van der Waals surface area contributed by atoms with E-state index < -0.39 is 0 Å². The molecule has 1 atom stereocenters. The van der Waals surface area contributed by atoms with Gasteiger partial charge in [-0.05, 0) is 17.7 Å². The van der Waals surface area contributed by atoms with E-state index in [1.165, 1.54) is 6.33 Å². The number of benzene rings is 1. The van der Waals surface area contributed by atoms with Gasteiger partial charge < -0.3 is 10.8 Å². The third kappa shape index (κ3) is 2.32. The van der Waals surface area contributed by atoms with Crippen LogP contribution in [0.15, 0.2) is 36.9 Å². The van der Waals surface area contributed by atoms with Crippen molar-refractivity contribution in [2.75, 3.05) is 0 Å². The molecule has 1 aromatic carbocycles. The maximum Gasteiger partial charge on any atom is 0.137 e. The van der Waals surface area contributed by atoms with Crippen LogP contribution in [0.3, 0.4) is 0 Å². The van der Waals surface area contributed by atoms with Crippen molar-refractivity contribution in [1.82, 2.24) is 14.8 Å². The molecule has 1 heterocycles. The molecule has 5 heteroatoms. The van der Waals surface area contributed by atoms with Gasteiger partial charge in [-0.15, -0.1) is 0 Å². The first-order valence-electron chi connectivity index (χ1n) is 4.62. The Balaban J connectivity index is 2.11. The molecule has 1 unspecified atom stereocenters. The normalized spacial score (nSPS) is 12.6. The SMILES string of the molecule is NC(Cn1cncn1)c1cccc(O)c1. The van der Waals surface area contributed by atoms with Gasteiger partial charge in [0.25, 0.3) is 0 Å². The number of hydrogen-bond donors (Lipinski definition) is 2. The van der Waals surface area contributed by atoms with E-state index in [0.717, 1.165) is 5.56 Å². The molecule has 1 aromatic heterocycles. The minimum Gasteiger partial charge on any atom is -0.508 e. The quantitative estimate of drug-likeness (QED) is 0.770. The maximum absolute atomic E-state index is 9.30. The Kier molecular flexibility index (Phi) is 2.64. The number of phenols is 1. The zero-order valence-corrected chi connectivity index (χ0v) is 8.11. The van der Waals surface area contributed by atoms with E-state index in [2.05, 4.69) is 10.1 Å². The average molecular weight is 204 g/mol. The number of nitrogens with zero attached hydrogens (tertiary/aromatic N) is 3. The van der Waals surface area contributed by atoms with Crippen LogP contribution in [0.2, 0.25) is 0 Å². The molecule has 15 heavy (non-hydrogen) atoms. The Bertz CT molecular complexity index is 427. The van der Waals surface area contributed by atoms with Crippen molar-refractivity contribution in [2.45, 2.75) is 12.6 Å². The fraction of sp³-hybridized carbons (Fsp3) is 0.200. The minimum absolute atomic E-state index is 0.196. The number of aromatic nitrogens is 3. The lowest BCUT2D eigenvalue weighted by atomic mass is 10.1. The van der Waals surface area contributed by atoms with E-state index in [4.69, 9.17) is 5.73 Å². The summed E-state index contributed by atoms with van der Waals surface area (Å²) in [5.74, 6) is 0.224. The summed E-state index contributed by atoms with van der Waals surface area (Å²) in [5.41, 5.74) is 6.84. The zero-order valence-electron chi connectivity index (χ0n) is 8.11. The molecule has 0 aliphatic heterocycles. The summed E-state index contributed by atoms with van der Waals surface area (Å²) in [7, 11) is 0. The lowest BCUT2D eigenvalue weighted by Crippen LogP contribution is -2.17. The maximum atomic E-state index is 9.30. The molecule has 0 bridgehead atoms. The molecule has 0 aliphatic rings. The molecule has 78 valence electrons. The summed E-state index contributed by atoms with van der Waals surface area (Å²) >= 11 is 0. The molecule has 0 amide bonds. The van der Waals surface area contributed by atoms with Crippen molar-refractivity contribution >= 4 is 0 Å². The van der Waals surface area contributed by atoms with Crippen molar-refractivity contribution in [3.63, 3.8) is 0 Å². The third-order valence-electron chi connectivity index (χ3n) is 2.15. The number of phenolic OH excluding ortho intramolecular Hbond substituents is 1. The van der Waals surface area contributed by atoms with Gasteiger partial charge in [0.15, 0.2) is 0 Å². The molecule has 0 spiro atoms. The van der Waals surface area contributed by atoms with Gasteiger partial charge in [-0.1, -0.05) is 12.1 Å². The molecule has 2 aromatic rings. The second-order valence-corrected chi connectivity index (χ2v) is 3.32. The summed E-state index contributed by atoms with van der Waals surface area (Å²) in [6.07, 6.45) is 3.08. The summed E-state index contributed by atoms with van der Waals surface area (Å²) in [6, 6.07) is 6.72. The van der Waals surface area contributed by atoms with Crippen LogP contribution < -0.4 is 5.73 Å². The summed E-state index contributed by atoms with van der Waals surface area (Å²) in [6.45, 7) is 0.545. The second-order valence-electron chi connectivity index (χ2n) is 3.32. The largest absolute Gasteiger partial charge is 0.508 e. The molecular weight excluding hydrogens is 192 g/mol. The molecule has 0 fully saturated rings. The van der Waals surface area contributed by atoms with E-state index in [1.54, 1.807) is 29.2 Å². The highest BCUT2D eigenvalue weighted by molar-refractivity contribution is 5.29. The van der Waals surface area contributed by atoms with Gasteiger partial charge in [0.1, 0.15) is 18.4 Å². The van der Waals surface area contributed by atoms with Crippen LogP contribution in [-0.4, -0.2) is 19.9 Å². The Morgan fingerprint density at radius 2 is 2.33 bits per heavy atom. The predicted octanol–water partition coefficient (Wildman–Crippen LogP) is 0.684. The topological polar surface area (TPSA) is 77.0 Å². The third-order valence-corrected chi connectivity index (χ3v) is 2.15. The summed E-state index contributed by atoms with van der Waals surface area (Å²) in [4.78, 5) is 3.83.